The Morgan fingerprint density at radius 1 is 0.600 bits per heavy atom. The van der Waals surface area contributed by atoms with Crippen LogP contribution in [-0.2, 0) is 0 Å². The molecule has 0 aliphatic heterocycles. The van der Waals surface area contributed by atoms with Gasteiger partial charge in [-0.05, 0) is 22.3 Å². The van der Waals surface area contributed by atoms with E-state index in [1.165, 1.54) is 22.3 Å². The zero-order valence-electron chi connectivity index (χ0n) is 11.5. The first-order chi connectivity index (χ1) is 9.86. The summed E-state index contributed by atoms with van der Waals surface area (Å²) in [7, 11) is 0. The van der Waals surface area contributed by atoms with Gasteiger partial charge in [-0.2, -0.15) is 0 Å². The monoisotopic (exact) mass is 258 g/mol. The fourth-order valence-corrected chi connectivity index (χ4v) is 2.12. The van der Waals surface area contributed by atoms with Gasteiger partial charge >= 0.3 is 0 Å². The molecule has 0 unspecified atom stereocenters. The Morgan fingerprint density at radius 3 is 1.40 bits per heavy atom. The van der Waals surface area contributed by atoms with Gasteiger partial charge in [0.15, 0.2) is 0 Å². The first kappa shape index (κ1) is 13.8. The van der Waals surface area contributed by atoms with E-state index >= 15 is 0 Å². The van der Waals surface area contributed by atoms with Crippen molar-refractivity contribution in [3.8, 4) is 11.1 Å². The van der Waals surface area contributed by atoms with E-state index in [2.05, 4.69) is 73.8 Å². The molecule has 20 heavy (non-hydrogen) atoms. The maximum Gasteiger partial charge on any atom is -0.0105 e. The van der Waals surface area contributed by atoms with Gasteiger partial charge in [-0.3, -0.25) is 0 Å². The smallest absolute Gasteiger partial charge is 0.0105 e. The Bertz CT molecular complexity index is 598. The van der Waals surface area contributed by atoms with Crippen molar-refractivity contribution in [1.82, 2.24) is 0 Å². The standard InChI is InChI=1S/C20H18/c1-3-5-11-17-13-7-9-15-19(17)20-16-10-8-14-18(20)12-6-4-2/h3-16H,1-2H2/b11-5+,12-6+. The van der Waals surface area contributed by atoms with E-state index in [0.29, 0.717) is 0 Å². The molecule has 0 bridgehead atoms. The van der Waals surface area contributed by atoms with Crippen LogP contribution >= 0.6 is 0 Å². The molecule has 0 saturated heterocycles. The highest BCUT2D eigenvalue weighted by Crippen LogP contribution is 2.28. The average molecular weight is 258 g/mol. The summed E-state index contributed by atoms with van der Waals surface area (Å²) in [6, 6.07) is 16.7. The third-order valence-corrected chi connectivity index (χ3v) is 3.04. The second-order valence-electron chi connectivity index (χ2n) is 4.36. The number of hydrogen-bond acceptors (Lipinski definition) is 0. The topological polar surface area (TPSA) is 0 Å². The van der Waals surface area contributed by atoms with Crippen molar-refractivity contribution in [2.75, 3.05) is 0 Å². The molecule has 2 aromatic rings. The Hall–Kier alpha value is -2.60. The maximum absolute atomic E-state index is 3.73. The van der Waals surface area contributed by atoms with Crippen molar-refractivity contribution in [2.24, 2.45) is 0 Å². The molecule has 0 aliphatic rings. The van der Waals surface area contributed by atoms with Crippen LogP contribution in [-0.4, -0.2) is 0 Å². The maximum atomic E-state index is 3.73. The Morgan fingerprint density at radius 2 is 1.00 bits per heavy atom. The zero-order chi connectivity index (χ0) is 14.2. The van der Waals surface area contributed by atoms with Crippen LogP contribution in [0.5, 0.6) is 0 Å². The van der Waals surface area contributed by atoms with Crippen LogP contribution in [0.1, 0.15) is 11.1 Å². The Balaban J connectivity index is 2.57. The van der Waals surface area contributed by atoms with Gasteiger partial charge in [-0.15, -0.1) is 0 Å². The van der Waals surface area contributed by atoms with Crippen molar-refractivity contribution in [2.45, 2.75) is 0 Å². The Labute approximate surface area is 121 Å². The third kappa shape index (κ3) is 3.24. The van der Waals surface area contributed by atoms with Gasteiger partial charge in [-0.25, -0.2) is 0 Å². The number of hydrogen-bond donors (Lipinski definition) is 0. The quantitative estimate of drug-likeness (QED) is 0.599. The molecule has 2 aromatic carbocycles. The summed E-state index contributed by atoms with van der Waals surface area (Å²) < 4.78 is 0. The van der Waals surface area contributed by atoms with E-state index < -0.39 is 0 Å². The van der Waals surface area contributed by atoms with Crippen molar-refractivity contribution < 1.29 is 0 Å². The first-order valence-electron chi connectivity index (χ1n) is 6.63. The molecule has 0 amide bonds. The molecule has 0 fully saturated rings. The van der Waals surface area contributed by atoms with Gasteiger partial charge in [0.2, 0.25) is 0 Å². The van der Waals surface area contributed by atoms with E-state index in [1.807, 2.05) is 12.2 Å². The molecule has 0 heterocycles. The summed E-state index contributed by atoms with van der Waals surface area (Å²) in [4.78, 5) is 0. The summed E-state index contributed by atoms with van der Waals surface area (Å²) in [6.45, 7) is 7.45. The van der Waals surface area contributed by atoms with Crippen LogP contribution in [0.25, 0.3) is 23.3 Å². The molecule has 2 rings (SSSR count). The Kier molecular flexibility index (Phi) is 4.91. The summed E-state index contributed by atoms with van der Waals surface area (Å²) >= 11 is 0. The second-order valence-corrected chi connectivity index (χ2v) is 4.36. The predicted octanol–water partition coefficient (Wildman–Crippen LogP) is 5.75. The molecule has 0 spiro atoms. The first-order valence-corrected chi connectivity index (χ1v) is 6.63. The van der Waals surface area contributed by atoms with Crippen LogP contribution in [0.4, 0.5) is 0 Å². The molecular weight excluding hydrogens is 240 g/mol. The van der Waals surface area contributed by atoms with E-state index in [0.717, 1.165) is 0 Å². The van der Waals surface area contributed by atoms with Gasteiger partial charge in [0.05, 0.1) is 0 Å². The van der Waals surface area contributed by atoms with Crippen molar-refractivity contribution in [1.29, 1.82) is 0 Å². The second kappa shape index (κ2) is 7.10. The minimum Gasteiger partial charge on any atom is -0.0991 e. The molecule has 0 saturated carbocycles. The lowest BCUT2D eigenvalue weighted by Gasteiger charge is -2.09. The van der Waals surface area contributed by atoms with Crippen LogP contribution in [0.15, 0.2) is 86.0 Å². The lowest BCUT2D eigenvalue weighted by molar-refractivity contribution is 1.57. The summed E-state index contributed by atoms with van der Waals surface area (Å²) in [6.07, 6.45) is 11.7. The van der Waals surface area contributed by atoms with Gasteiger partial charge in [0.25, 0.3) is 0 Å². The molecular formula is C20H18. The van der Waals surface area contributed by atoms with Gasteiger partial charge in [0.1, 0.15) is 0 Å². The van der Waals surface area contributed by atoms with E-state index in [9.17, 15) is 0 Å². The normalized spacial score (nSPS) is 11.0. The molecule has 0 nitrogen and oxygen atoms in total. The van der Waals surface area contributed by atoms with E-state index in [1.54, 1.807) is 12.2 Å². The lowest BCUT2D eigenvalue weighted by Crippen LogP contribution is -1.86. The average Bonchev–Trinajstić information content (AvgIpc) is 2.51. The van der Waals surface area contributed by atoms with Crippen molar-refractivity contribution in [3.05, 3.63) is 97.1 Å². The molecule has 0 aliphatic carbocycles. The molecule has 0 atom stereocenters. The highest BCUT2D eigenvalue weighted by atomic mass is 14.1. The van der Waals surface area contributed by atoms with E-state index in [4.69, 9.17) is 0 Å². The predicted molar refractivity (Wildman–Crippen MR) is 90.3 cm³/mol. The molecule has 0 radical (unpaired) electrons. The van der Waals surface area contributed by atoms with Crippen LogP contribution in [0.2, 0.25) is 0 Å². The largest absolute Gasteiger partial charge is 0.0991 e. The summed E-state index contributed by atoms with van der Waals surface area (Å²) in [5.74, 6) is 0. The SMILES string of the molecule is C=C/C=C/c1ccccc1-c1ccccc1/C=C/C=C. The van der Waals surface area contributed by atoms with Crippen molar-refractivity contribution in [3.63, 3.8) is 0 Å². The van der Waals surface area contributed by atoms with Crippen LogP contribution < -0.4 is 0 Å². The van der Waals surface area contributed by atoms with Crippen molar-refractivity contribution >= 4 is 12.2 Å². The zero-order valence-corrected chi connectivity index (χ0v) is 11.5. The highest BCUT2D eigenvalue weighted by Gasteiger charge is 2.05. The van der Waals surface area contributed by atoms with E-state index in [-0.39, 0.29) is 0 Å². The minimum atomic E-state index is 1.19. The van der Waals surface area contributed by atoms with Crippen LogP contribution in [0, 0.1) is 0 Å². The van der Waals surface area contributed by atoms with Crippen LogP contribution in [0.3, 0.4) is 0 Å². The molecule has 98 valence electrons. The number of rotatable bonds is 5. The van der Waals surface area contributed by atoms with Gasteiger partial charge < -0.3 is 0 Å². The molecule has 0 aromatic heterocycles. The summed E-state index contributed by atoms with van der Waals surface area (Å²) in [5.41, 5.74) is 4.81. The highest BCUT2D eigenvalue weighted by molar-refractivity contribution is 5.81. The lowest BCUT2D eigenvalue weighted by atomic mass is 9.95. The molecule has 0 heteroatoms. The number of benzene rings is 2. The minimum absolute atomic E-state index is 1.19. The molecule has 0 N–H and O–H groups in total. The summed E-state index contributed by atoms with van der Waals surface area (Å²) in [5, 5.41) is 0. The van der Waals surface area contributed by atoms with Gasteiger partial charge in [0, 0.05) is 0 Å². The van der Waals surface area contributed by atoms with Gasteiger partial charge in [-0.1, -0.05) is 98.1 Å². The third-order valence-electron chi connectivity index (χ3n) is 3.04. The fraction of sp³-hybridized carbons (Fsp3) is 0. The fourth-order valence-electron chi connectivity index (χ4n) is 2.12. The number of allylic oxidation sites excluding steroid dienone is 4.